The van der Waals surface area contributed by atoms with Crippen LogP contribution < -0.4 is 10.2 Å². The third-order valence-electron chi connectivity index (χ3n) is 4.43. The standard InChI is InChI=1S/C19H21FN2O3S/c1-14-7-8-18(17(20)11-14)21-12-19(23)22(15-5-3-2-4-6-15)16-9-10-26(24,25)13-16/h2-8,11,16,21H,9-10,12-13H2,1H3/t16-/m0/s1. The molecule has 7 heteroatoms. The van der Waals surface area contributed by atoms with Crippen LogP contribution in [0.5, 0.6) is 0 Å². The minimum absolute atomic E-state index is 0.0491. The van der Waals surface area contributed by atoms with Crippen LogP contribution in [0, 0.1) is 12.7 Å². The van der Waals surface area contributed by atoms with Crippen LogP contribution in [0.15, 0.2) is 48.5 Å². The Morgan fingerprint density at radius 3 is 2.58 bits per heavy atom. The Labute approximate surface area is 152 Å². The van der Waals surface area contributed by atoms with E-state index in [-0.39, 0.29) is 29.6 Å². The molecule has 0 saturated carbocycles. The number of benzene rings is 2. The van der Waals surface area contributed by atoms with Gasteiger partial charge in [-0.2, -0.15) is 0 Å². The molecule has 1 aliphatic heterocycles. The van der Waals surface area contributed by atoms with Crippen molar-refractivity contribution >= 4 is 27.1 Å². The topological polar surface area (TPSA) is 66.5 Å². The Morgan fingerprint density at radius 2 is 1.96 bits per heavy atom. The van der Waals surface area contributed by atoms with E-state index in [0.29, 0.717) is 12.1 Å². The molecule has 1 amide bonds. The quantitative estimate of drug-likeness (QED) is 0.871. The largest absolute Gasteiger partial charge is 0.374 e. The van der Waals surface area contributed by atoms with Gasteiger partial charge in [0.15, 0.2) is 9.84 Å². The average molecular weight is 376 g/mol. The molecule has 1 saturated heterocycles. The number of hydrogen-bond donors (Lipinski definition) is 1. The zero-order valence-corrected chi connectivity index (χ0v) is 15.3. The third kappa shape index (κ3) is 4.22. The van der Waals surface area contributed by atoms with Crippen molar-refractivity contribution in [3.8, 4) is 0 Å². The zero-order chi connectivity index (χ0) is 18.7. The molecule has 2 aromatic carbocycles. The number of anilines is 2. The van der Waals surface area contributed by atoms with Crippen molar-refractivity contribution in [3.63, 3.8) is 0 Å². The predicted octanol–water partition coefficient (Wildman–Crippen LogP) is 2.77. The van der Waals surface area contributed by atoms with Gasteiger partial charge in [-0.1, -0.05) is 24.3 Å². The molecule has 1 N–H and O–H groups in total. The van der Waals surface area contributed by atoms with Gasteiger partial charge in [0.1, 0.15) is 5.82 Å². The fourth-order valence-corrected chi connectivity index (χ4v) is 4.85. The second kappa shape index (κ2) is 7.45. The Hall–Kier alpha value is -2.41. The van der Waals surface area contributed by atoms with Gasteiger partial charge < -0.3 is 10.2 Å². The van der Waals surface area contributed by atoms with E-state index in [2.05, 4.69) is 5.32 Å². The molecular weight excluding hydrogens is 355 g/mol. The van der Waals surface area contributed by atoms with Crippen molar-refractivity contribution in [1.29, 1.82) is 0 Å². The summed E-state index contributed by atoms with van der Waals surface area (Å²) in [4.78, 5) is 14.4. The van der Waals surface area contributed by atoms with Crippen LogP contribution in [0.25, 0.3) is 0 Å². The lowest BCUT2D eigenvalue weighted by Crippen LogP contribution is -2.44. The number of rotatable bonds is 5. The SMILES string of the molecule is Cc1ccc(NCC(=O)N(c2ccccc2)[C@H]2CCS(=O)(=O)C2)c(F)c1. The number of nitrogens with zero attached hydrogens (tertiary/aromatic N) is 1. The Balaban J connectivity index is 1.79. The van der Waals surface area contributed by atoms with Gasteiger partial charge in [-0.15, -0.1) is 0 Å². The summed E-state index contributed by atoms with van der Waals surface area (Å²) in [7, 11) is -3.13. The zero-order valence-electron chi connectivity index (χ0n) is 14.5. The van der Waals surface area contributed by atoms with E-state index in [1.807, 2.05) is 6.07 Å². The van der Waals surface area contributed by atoms with Gasteiger partial charge >= 0.3 is 0 Å². The van der Waals surface area contributed by atoms with E-state index in [1.165, 1.54) is 11.0 Å². The van der Waals surface area contributed by atoms with Crippen LogP contribution in [-0.4, -0.2) is 38.4 Å². The van der Waals surface area contributed by atoms with Gasteiger partial charge in [0.25, 0.3) is 0 Å². The highest BCUT2D eigenvalue weighted by Crippen LogP contribution is 2.25. The molecule has 0 aromatic heterocycles. The normalized spacial score (nSPS) is 18.5. The predicted molar refractivity (Wildman–Crippen MR) is 101 cm³/mol. The molecule has 3 rings (SSSR count). The first-order chi connectivity index (χ1) is 12.4. The van der Waals surface area contributed by atoms with Crippen LogP contribution in [0.4, 0.5) is 15.8 Å². The van der Waals surface area contributed by atoms with Gasteiger partial charge in [-0.3, -0.25) is 4.79 Å². The van der Waals surface area contributed by atoms with Gasteiger partial charge in [0, 0.05) is 5.69 Å². The number of amides is 1. The Bertz CT molecular complexity index is 900. The Morgan fingerprint density at radius 1 is 1.23 bits per heavy atom. The molecule has 0 radical (unpaired) electrons. The maximum atomic E-state index is 14.0. The lowest BCUT2D eigenvalue weighted by molar-refractivity contribution is -0.117. The maximum absolute atomic E-state index is 14.0. The first kappa shape index (κ1) is 18.4. The first-order valence-electron chi connectivity index (χ1n) is 8.43. The van der Waals surface area contributed by atoms with Crippen molar-refractivity contribution in [2.75, 3.05) is 28.3 Å². The second-order valence-electron chi connectivity index (χ2n) is 6.49. The van der Waals surface area contributed by atoms with E-state index in [4.69, 9.17) is 0 Å². The van der Waals surface area contributed by atoms with E-state index in [0.717, 1.165) is 5.56 Å². The lowest BCUT2D eigenvalue weighted by Gasteiger charge is -2.28. The molecule has 1 atom stereocenters. The molecule has 138 valence electrons. The van der Waals surface area contributed by atoms with Gasteiger partial charge in [-0.25, -0.2) is 12.8 Å². The second-order valence-corrected chi connectivity index (χ2v) is 8.72. The van der Waals surface area contributed by atoms with Crippen LogP contribution >= 0.6 is 0 Å². The number of halogens is 1. The summed E-state index contributed by atoms with van der Waals surface area (Å²) in [6.45, 7) is 1.67. The van der Waals surface area contributed by atoms with E-state index < -0.39 is 21.7 Å². The van der Waals surface area contributed by atoms with Gasteiger partial charge in [-0.05, 0) is 43.2 Å². The molecule has 1 heterocycles. The van der Waals surface area contributed by atoms with Gasteiger partial charge in [0.2, 0.25) is 5.91 Å². The van der Waals surface area contributed by atoms with Crippen molar-refractivity contribution in [2.24, 2.45) is 0 Å². The molecule has 1 aliphatic rings. The molecule has 26 heavy (non-hydrogen) atoms. The van der Waals surface area contributed by atoms with Crippen molar-refractivity contribution in [3.05, 3.63) is 59.9 Å². The molecule has 2 aromatic rings. The fraction of sp³-hybridized carbons (Fsp3) is 0.316. The summed E-state index contributed by atoms with van der Waals surface area (Å²) in [6, 6.07) is 13.3. The summed E-state index contributed by atoms with van der Waals surface area (Å²) in [5.74, 6) is -0.688. The number of para-hydroxylation sites is 1. The summed E-state index contributed by atoms with van der Waals surface area (Å²) < 4.78 is 37.7. The summed E-state index contributed by atoms with van der Waals surface area (Å²) in [6.07, 6.45) is 0.405. The highest BCUT2D eigenvalue weighted by atomic mass is 32.2. The minimum atomic E-state index is -3.13. The molecular formula is C19H21FN2O3S. The van der Waals surface area contributed by atoms with Crippen molar-refractivity contribution < 1.29 is 17.6 Å². The maximum Gasteiger partial charge on any atom is 0.246 e. The number of carbonyl (C=O) groups excluding carboxylic acids is 1. The number of nitrogens with one attached hydrogen (secondary N) is 1. The summed E-state index contributed by atoms with van der Waals surface area (Å²) >= 11 is 0. The molecule has 0 aliphatic carbocycles. The van der Waals surface area contributed by atoms with Crippen LogP contribution in [-0.2, 0) is 14.6 Å². The summed E-state index contributed by atoms with van der Waals surface area (Å²) in [5.41, 5.74) is 1.68. The fourth-order valence-electron chi connectivity index (χ4n) is 3.15. The third-order valence-corrected chi connectivity index (χ3v) is 6.18. The molecule has 0 bridgehead atoms. The van der Waals surface area contributed by atoms with Crippen LogP contribution in [0.1, 0.15) is 12.0 Å². The number of hydrogen-bond acceptors (Lipinski definition) is 4. The van der Waals surface area contributed by atoms with Gasteiger partial charge in [0.05, 0.1) is 29.8 Å². The number of carbonyl (C=O) groups is 1. The van der Waals surface area contributed by atoms with Crippen molar-refractivity contribution in [1.82, 2.24) is 0 Å². The lowest BCUT2D eigenvalue weighted by atomic mass is 10.1. The van der Waals surface area contributed by atoms with Crippen LogP contribution in [0.2, 0.25) is 0 Å². The van der Waals surface area contributed by atoms with E-state index in [9.17, 15) is 17.6 Å². The monoisotopic (exact) mass is 376 g/mol. The average Bonchev–Trinajstić information content (AvgIpc) is 2.95. The minimum Gasteiger partial charge on any atom is -0.374 e. The number of sulfone groups is 1. The highest BCUT2D eigenvalue weighted by Gasteiger charge is 2.35. The summed E-state index contributed by atoms with van der Waals surface area (Å²) in [5, 5.41) is 2.82. The van der Waals surface area contributed by atoms with E-state index in [1.54, 1.807) is 43.3 Å². The number of aryl methyl sites for hydroxylation is 1. The molecule has 0 spiro atoms. The molecule has 0 unspecified atom stereocenters. The van der Waals surface area contributed by atoms with Crippen molar-refractivity contribution in [2.45, 2.75) is 19.4 Å². The molecule has 1 fully saturated rings. The molecule has 5 nitrogen and oxygen atoms in total. The highest BCUT2D eigenvalue weighted by molar-refractivity contribution is 7.91. The Kier molecular flexibility index (Phi) is 5.27. The van der Waals surface area contributed by atoms with E-state index >= 15 is 0 Å². The van der Waals surface area contributed by atoms with Crippen LogP contribution in [0.3, 0.4) is 0 Å². The first-order valence-corrected chi connectivity index (χ1v) is 10.3. The smallest absolute Gasteiger partial charge is 0.246 e.